The molecule has 2 aliphatic rings. The van der Waals surface area contributed by atoms with Gasteiger partial charge in [0.25, 0.3) is 5.91 Å². The summed E-state index contributed by atoms with van der Waals surface area (Å²) >= 11 is 0. The second kappa shape index (κ2) is 6.80. The van der Waals surface area contributed by atoms with Gasteiger partial charge >= 0.3 is 6.09 Å². The molecular formula is C15H25N5O3. The van der Waals surface area contributed by atoms with Crippen LogP contribution in [0, 0.1) is 0 Å². The molecule has 0 aromatic heterocycles. The van der Waals surface area contributed by atoms with Crippen LogP contribution >= 0.6 is 0 Å². The first-order valence-corrected chi connectivity index (χ1v) is 7.68. The van der Waals surface area contributed by atoms with Crippen molar-refractivity contribution >= 4 is 12.0 Å². The zero-order valence-electron chi connectivity index (χ0n) is 14.1. The number of rotatable bonds is 2. The van der Waals surface area contributed by atoms with Crippen LogP contribution in [0.1, 0.15) is 20.8 Å². The van der Waals surface area contributed by atoms with E-state index in [-0.39, 0.29) is 12.0 Å². The molecule has 3 N–H and O–H groups in total. The first-order valence-electron chi connectivity index (χ1n) is 7.68. The summed E-state index contributed by atoms with van der Waals surface area (Å²) in [6.07, 6.45) is 3.15. The number of carbonyl (C=O) groups is 2. The van der Waals surface area contributed by atoms with Crippen LogP contribution in [0.25, 0.3) is 0 Å². The molecule has 0 unspecified atom stereocenters. The Hall–Kier alpha value is -2.38. The van der Waals surface area contributed by atoms with E-state index in [1.807, 2.05) is 20.8 Å². The molecule has 8 nitrogen and oxygen atoms in total. The quantitative estimate of drug-likeness (QED) is 0.669. The van der Waals surface area contributed by atoms with Crippen molar-refractivity contribution in [1.29, 1.82) is 0 Å². The topological polar surface area (TPSA) is 85.9 Å². The van der Waals surface area contributed by atoms with Crippen molar-refractivity contribution < 1.29 is 14.3 Å². The SMILES string of the molecule is CNC1=CNNC(C(=O)N2CCN(C(=O)OC(C)(C)C)CC2)=C1. The molecule has 0 saturated carbocycles. The molecule has 128 valence electrons. The van der Waals surface area contributed by atoms with E-state index in [1.165, 1.54) is 0 Å². The average Bonchev–Trinajstić information content (AvgIpc) is 2.53. The largest absolute Gasteiger partial charge is 0.444 e. The Kier molecular flexibility index (Phi) is 5.02. The summed E-state index contributed by atoms with van der Waals surface area (Å²) in [7, 11) is 1.79. The molecule has 1 saturated heterocycles. The Morgan fingerprint density at radius 1 is 1.17 bits per heavy atom. The van der Waals surface area contributed by atoms with E-state index in [9.17, 15) is 9.59 Å². The van der Waals surface area contributed by atoms with Crippen molar-refractivity contribution in [3.8, 4) is 0 Å². The smallest absolute Gasteiger partial charge is 0.410 e. The molecule has 0 spiro atoms. The Morgan fingerprint density at radius 2 is 1.78 bits per heavy atom. The molecule has 2 heterocycles. The van der Waals surface area contributed by atoms with E-state index in [0.29, 0.717) is 31.9 Å². The lowest BCUT2D eigenvalue weighted by molar-refractivity contribution is -0.129. The standard InChI is InChI=1S/C15H25N5O3/c1-15(2,3)23-14(22)20-7-5-19(6-8-20)13(21)12-9-11(16-4)10-17-18-12/h9-10,16-18H,5-8H2,1-4H3. The number of ether oxygens (including phenoxy) is 1. The Balaban J connectivity index is 1.89. The number of hydrazine groups is 1. The van der Waals surface area contributed by atoms with Crippen LogP contribution in [0.15, 0.2) is 23.7 Å². The molecule has 0 bridgehead atoms. The van der Waals surface area contributed by atoms with E-state index >= 15 is 0 Å². The number of hydrogen-bond acceptors (Lipinski definition) is 6. The van der Waals surface area contributed by atoms with E-state index in [4.69, 9.17) is 4.74 Å². The van der Waals surface area contributed by atoms with Crippen molar-refractivity contribution in [3.63, 3.8) is 0 Å². The molecule has 0 aromatic rings. The normalized spacial score (nSPS) is 18.3. The maximum absolute atomic E-state index is 12.5. The van der Waals surface area contributed by atoms with Crippen LogP contribution in [-0.2, 0) is 9.53 Å². The van der Waals surface area contributed by atoms with Gasteiger partial charge in [0.1, 0.15) is 11.3 Å². The molecule has 0 radical (unpaired) electrons. The fourth-order valence-corrected chi connectivity index (χ4v) is 2.27. The van der Waals surface area contributed by atoms with Crippen molar-refractivity contribution in [2.75, 3.05) is 33.2 Å². The molecule has 0 aromatic carbocycles. The summed E-state index contributed by atoms with van der Waals surface area (Å²) in [4.78, 5) is 27.9. The molecule has 0 aliphatic carbocycles. The molecule has 23 heavy (non-hydrogen) atoms. The molecule has 2 amide bonds. The van der Waals surface area contributed by atoms with Crippen molar-refractivity contribution in [2.24, 2.45) is 0 Å². The number of likely N-dealkylation sites (N-methyl/N-ethyl adjacent to an activating group) is 1. The highest BCUT2D eigenvalue weighted by molar-refractivity contribution is 5.93. The van der Waals surface area contributed by atoms with Gasteiger partial charge in [0, 0.05) is 39.4 Å². The van der Waals surface area contributed by atoms with E-state index < -0.39 is 5.60 Å². The van der Waals surface area contributed by atoms with Gasteiger partial charge in [-0.05, 0) is 26.8 Å². The van der Waals surface area contributed by atoms with Gasteiger partial charge in [-0.15, -0.1) is 0 Å². The van der Waals surface area contributed by atoms with Gasteiger partial charge in [0.2, 0.25) is 0 Å². The van der Waals surface area contributed by atoms with Crippen molar-refractivity contribution in [1.82, 2.24) is 26.0 Å². The monoisotopic (exact) mass is 323 g/mol. The lowest BCUT2D eigenvalue weighted by Crippen LogP contribution is -2.53. The number of carbonyl (C=O) groups excluding carboxylic acids is 2. The van der Waals surface area contributed by atoms with E-state index in [2.05, 4.69) is 16.2 Å². The Bertz CT molecular complexity index is 528. The van der Waals surface area contributed by atoms with Crippen molar-refractivity contribution in [3.05, 3.63) is 23.7 Å². The minimum Gasteiger partial charge on any atom is -0.444 e. The maximum atomic E-state index is 12.5. The van der Waals surface area contributed by atoms with Gasteiger partial charge in [-0.25, -0.2) is 4.79 Å². The molecule has 1 fully saturated rings. The predicted molar refractivity (Wildman–Crippen MR) is 85.9 cm³/mol. The maximum Gasteiger partial charge on any atom is 0.410 e. The first kappa shape index (κ1) is 17.0. The van der Waals surface area contributed by atoms with Crippen molar-refractivity contribution in [2.45, 2.75) is 26.4 Å². The van der Waals surface area contributed by atoms with Crippen LogP contribution in [-0.4, -0.2) is 60.6 Å². The van der Waals surface area contributed by atoms with E-state index in [0.717, 1.165) is 5.70 Å². The molecular weight excluding hydrogens is 298 g/mol. The number of nitrogens with zero attached hydrogens (tertiary/aromatic N) is 2. The fraction of sp³-hybridized carbons (Fsp3) is 0.600. The van der Waals surface area contributed by atoms with Crippen LogP contribution in [0.4, 0.5) is 4.79 Å². The van der Waals surface area contributed by atoms with Gasteiger partial charge in [0.15, 0.2) is 0 Å². The van der Waals surface area contributed by atoms with Gasteiger partial charge in [-0.1, -0.05) is 0 Å². The zero-order chi connectivity index (χ0) is 17.0. The summed E-state index contributed by atoms with van der Waals surface area (Å²) in [5, 5.41) is 2.98. The summed E-state index contributed by atoms with van der Waals surface area (Å²) < 4.78 is 5.35. The second-order valence-corrected chi connectivity index (χ2v) is 6.44. The van der Waals surface area contributed by atoms with E-state index in [1.54, 1.807) is 29.1 Å². The Labute approximate surface area is 136 Å². The number of hydrogen-bond donors (Lipinski definition) is 3. The minimum atomic E-state index is -0.511. The lowest BCUT2D eigenvalue weighted by atomic mass is 10.2. The first-order chi connectivity index (χ1) is 10.8. The molecule has 2 aliphatic heterocycles. The lowest BCUT2D eigenvalue weighted by Gasteiger charge is -2.36. The fourth-order valence-electron chi connectivity index (χ4n) is 2.27. The number of allylic oxidation sites excluding steroid dienone is 1. The number of piperazine rings is 1. The highest BCUT2D eigenvalue weighted by Gasteiger charge is 2.29. The highest BCUT2D eigenvalue weighted by atomic mass is 16.6. The summed E-state index contributed by atoms with van der Waals surface area (Å²) in [5.74, 6) is -0.0952. The summed E-state index contributed by atoms with van der Waals surface area (Å²) in [5.41, 5.74) is 6.46. The second-order valence-electron chi connectivity index (χ2n) is 6.44. The third kappa shape index (κ3) is 4.54. The summed E-state index contributed by atoms with van der Waals surface area (Å²) in [6, 6.07) is 0. The average molecular weight is 323 g/mol. The van der Waals surface area contributed by atoms with Crippen LogP contribution < -0.4 is 16.2 Å². The van der Waals surface area contributed by atoms with Gasteiger partial charge in [-0.2, -0.15) is 0 Å². The van der Waals surface area contributed by atoms with Gasteiger partial charge in [-0.3, -0.25) is 10.2 Å². The molecule has 8 heteroatoms. The Morgan fingerprint density at radius 3 is 2.35 bits per heavy atom. The predicted octanol–water partition coefficient (Wildman–Crippen LogP) is 0.118. The summed E-state index contributed by atoms with van der Waals surface area (Å²) in [6.45, 7) is 7.42. The molecule has 0 atom stereocenters. The molecule has 2 rings (SSSR count). The van der Waals surface area contributed by atoms with Crippen LogP contribution in [0.5, 0.6) is 0 Å². The number of amides is 2. The highest BCUT2D eigenvalue weighted by Crippen LogP contribution is 2.13. The third-order valence-corrected chi connectivity index (χ3v) is 3.47. The van der Waals surface area contributed by atoms with Crippen LogP contribution in [0.3, 0.4) is 0 Å². The third-order valence-electron chi connectivity index (χ3n) is 3.47. The number of nitrogens with one attached hydrogen (secondary N) is 3. The zero-order valence-corrected chi connectivity index (χ0v) is 14.1. The minimum absolute atomic E-state index is 0.0952. The van der Waals surface area contributed by atoms with Gasteiger partial charge < -0.3 is 25.3 Å². The van der Waals surface area contributed by atoms with Gasteiger partial charge in [0.05, 0.1) is 5.70 Å². The van der Waals surface area contributed by atoms with Crippen LogP contribution in [0.2, 0.25) is 0 Å².